The zero-order chi connectivity index (χ0) is 15.0. The summed E-state index contributed by atoms with van der Waals surface area (Å²) in [6.07, 6.45) is 0.615. The lowest BCUT2D eigenvalue weighted by molar-refractivity contribution is 0.0637. The summed E-state index contributed by atoms with van der Waals surface area (Å²) < 4.78 is 15.5. The highest BCUT2D eigenvalue weighted by atomic mass is 35.5. The van der Waals surface area contributed by atoms with Gasteiger partial charge in [-0.05, 0) is 12.1 Å². The quantitative estimate of drug-likeness (QED) is 0.536. The molecule has 0 atom stereocenters. The monoisotopic (exact) mass is 303 g/mol. The molecule has 0 bridgehead atoms. The van der Waals surface area contributed by atoms with Crippen molar-refractivity contribution in [2.24, 2.45) is 0 Å². The lowest BCUT2D eigenvalue weighted by atomic mass is 10.2. The average Bonchev–Trinajstić information content (AvgIpc) is 2.39. The number of nitrogen functional groups attached to an aromatic ring is 1. The van der Waals surface area contributed by atoms with Crippen molar-refractivity contribution in [2.75, 3.05) is 39.3 Å². The maximum atomic E-state index is 11.1. The maximum absolute atomic E-state index is 11.1. The van der Waals surface area contributed by atoms with E-state index in [-0.39, 0.29) is 22.0 Å². The highest BCUT2D eigenvalue weighted by Crippen LogP contribution is 2.31. The molecule has 6 nitrogen and oxygen atoms in total. The van der Waals surface area contributed by atoms with Gasteiger partial charge in [0.2, 0.25) is 0 Å². The molecule has 1 aromatic rings. The number of aromatic carboxylic acids is 1. The minimum atomic E-state index is -1.13. The Morgan fingerprint density at radius 3 is 2.70 bits per heavy atom. The van der Waals surface area contributed by atoms with Crippen molar-refractivity contribution in [1.82, 2.24) is 0 Å². The van der Waals surface area contributed by atoms with E-state index >= 15 is 0 Å². The number of benzene rings is 1. The molecule has 0 saturated heterocycles. The van der Waals surface area contributed by atoms with Gasteiger partial charge >= 0.3 is 5.97 Å². The van der Waals surface area contributed by atoms with E-state index in [0.717, 1.165) is 0 Å². The Balaban J connectivity index is 2.49. The Morgan fingerprint density at radius 1 is 1.30 bits per heavy atom. The van der Waals surface area contributed by atoms with E-state index in [1.807, 2.05) is 0 Å². The first kappa shape index (κ1) is 16.6. The molecule has 0 aromatic heterocycles. The molecular formula is C13H18ClNO5. The number of ether oxygens (including phenoxy) is 3. The molecule has 1 aromatic carbocycles. The molecule has 0 aliphatic heterocycles. The molecule has 0 fully saturated rings. The van der Waals surface area contributed by atoms with Crippen LogP contribution in [-0.2, 0) is 9.47 Å². The fourth-order valence-electron chi connectivity index (χ4n) is 1.50. The van der Waals surface area contributed by atoms with Crippen molar-refractivity contribution >= 4 is 23.3 Å². The summed E-state index contributed by atoms with van der Waals surface area (Å²) >= 11 is 5.94. The summed E-state index contributed by atoms with van der Waals surface area (Å²) in [5.74, 6) is -1.00. The number of halogens is 1. The van der Waals surface area contributed by atoms with Gasteiger partial charge in [-0.3, -0.25) is 0 Å². The van der Waals surface area contributed by atoms with E-state index in [0.29, 0.717) is 32.8 Å². The van der Waals surface area contributed by atoms with Crippen molar-refractivity contribution < 1.29 is 24.1 Å². The lowest BCUT2D eigenvalue weighted by Crippen LogP contribution is -2.09. The maximum Gasteiger partial charge on any atom is 0.339 e. The lowest BCUT2D eigenvalue weighted by Gasteiger charge is -2.12. The predicted molar refractivity (Wildman–Crippen MR) is 75.6 cm³/mol. The van der Waals surface area contributed by atoms with Gasteiger partial charge in [-0.25, -0.2) is 4.79 Å². The van der Waals surface area contributed by atoms with Crippen LogP contribution in [0, 0.1) is 0 Å². The van der Waals surface area contributed by atoms with Crippen molar-refractivity contribution in [3.63, 3.8) is 0 Å². The molecule has 0 unspecified atom stereocenters. The van der Waals surface area contributed by atoms with Gasteiger partial charge < -0.3 is 25.1 Å². The number of carboxylic acid groups (broad SMARTS) is 1. The smallest absolute Gasteiger partial charge is 0.339 e. The second-order valence-electron chi connectivity index (χ2n) is 3.99. The van der Waals surface area contributed by atoms with Gasteiger partial charge in [0.1, 0.15) is 5.56 Å². The van der Waals surface area contributed by atoms with Crippen molar-refractivity contribution in [3.05, 3.63) is 22.7 Å². The van der Waals surface area contributed by atoms with Crippen LogP contribution in [0.2, 0.25) is 5.02 Å². The molecule has 0 amide bonds. The van der Waals surface area contributed by atoms with Crippen LogP contribution in [0.1, 0.15) is 16.8 Å². The fourth-order valence-corrected chi connectivity index (χ4v) is 1.78. The molecule has 112 valence electrons. The number of rotatable bonds is 9. The Bertz CT molecular complexity index is 453. The second-order valence-corrected chi connectivity index (χ2v) is 4.40. The highest BCUT2D eigenvalue weighted by Gasteiger charge is 2.16. The molecule has 0 aliphatic rings. The standard InChI is InChI=1S/C13H18ClNO5/c1-18-5-6-19-3-2-4-20-12-10(13(16)17)7-9(15)8-11(12)14/h7-8H,2-6,15H2,1H3,(H,16,17). The molecule has 0 heterocycles. The summed E-state index contributed by atoms with van der Waals surface area (Å²) in [5.41, 5.74) is 5.79. The van der Waals surface area contributed by atoms with E-state index < -0.39 is 5.97 Å². The molecule has 7 heteroatoms. The minimum absolute atomic E-state index is 0.0460. The van der Waals surface area contributed by atoms with Crippen LogP contribution in [0.25, 0.3) is 0 Å². The van der Waals surface area contributed by atoms with Crippen molar-refractivity contribution in [1.29, 1.82) is 0 Å². The number of anilines is 1. The topological polar surface area (TPSA) is 91.0 Å². The van der Waals surface area contributed by atoms with Crippen molar-refractivity contribution in [3.8, 4) is 5.75 Å². The van der Waals surface area contributed by atoms with Crippen LogP contribution >= 0.6 is 11.6 Å². The van der Waals surface area contributed by atoms with E-state index in [2.05, 4.69) is 0 Å². The van der Waals surface area contributed by atoms with Crippen LogP contribution in [0.15, 0.2) is 12.1 Å². The zero-order valence-corrected chi connectivity index (χ0v) is 12.0. The third kappa shape index (κ3) is 5.24. The van der Waals surface area contributed by atoms with Crippen molar-refractivity contribution in [2.45, 2.75) is 6.42 Å². The zero-order valence-electron chi connectivity index (χ0n) is 11.2. The van der Waals surface area contributed by atoms with Crippen LogP contribution in [0.5, 0.6) is 5.75 Å². The molecule has 0 saturated carbocycles. The van der Waals surface area contributed by atoms with Gasteiger partial charge in [-0.15, -0.1) is 0 Å². The van der Waals surface area contributed by atoms with Gasteiger partial charge in [-0.2, -0.15) is 0 Å². The van der Waals surface area contributed by atoms with Crippen LogP contribution in [0.3, 0.4) is 0 Å². The van der Waals surface area contributed by atoms with E-state index in [4.69, 9.17) is 36.7 Å². The molecule has 0 aliphatic carbocycles. The van der Waals surface area contributed by atoms with Gasteiger partial charge in [-0.1, -0.05) is 11.6 Å². The number of methoxy groups -OCH3 is 1. The second kappa shape index (κ2) is 8.63. The number of carboxylic acids is 1. The largest absolute Gasteiger partial charge is 0.491 e. The minimum Gasteiger partial charge on any atom is -0.491 e. The van der Waals surface area contributed by atoms with Gasteiger partial charge in [0.25, 0.3) is 0 Å². The normalized spacial score (nSPS) is 10.5. The van der Waals surface area contributed by atoms with Crippen LogP contribution < -0.4 is 10.5 Å². The number of hydrogen-bond acceptors (Lipinski definition) is 5. The Hall–Kier alpha value is -1.50. The van der Waals surface area contributed by atoms with E-state index in [9.17, 15) is 4.79 Å². The van der Waals surface area contributed by atoms with E-state index in [1.165, 1.54) is 12.1 Å². The SMILES string of the molecule is COCCOCCCOc1c(Cl)cc(N)cc1C(=O)O. The summed E-state index contributed by atoms with van der Waals surface area (Å²) in [4.78, 5) is 11.1. The van der Waals surface area contributed by atoms with Gasteiger partial charge in [0.15, 0.2) is 5.75 Å². The molecule has 3 N–H and O–H groups in total. The predicted octanol–water partition coefficient (Wildman–Crippen LogP) is 2.05. The van der Waals surface area contributed by atoms with E-state index in [1.54, 1.807) is 7.11 Å². The van der Waals surface area contributed by atoms with Crippen LogP contribution in [-0.4, -0.2) is 44.6 Å². The summed E-state index contributed by atoms with van der Waals surface area (Å²) in [6.45, 7) is 1.85. The molecule has 1 rings (SSSR count). The summed E-state index contributed by atoms with van der Waals surface area (Å²) in [5, 5.41) is 9.26. The molecule has 0 radical (unpaired) electrons. The van der Waals surface area contributed by atoms with Crippen LogP contribution in [0.4, 0.5) is 5.69 Å². The highest BCUT2D eigenvalue weighted by molar-refractivity contribution is 6.33. The Labute approximate surface area is 122 Å². The fraction of sp³-hybridized carbons (Fsp3) is 0.462. The first-order chi connectivity index (χ1) is 9.56. The van der Waals surface area contributed by atoms with Gasteiger partial charge in [0.05, 0.1) is 24.8 Å². The molecule has 0 spiro atoms. The summed E-state index contributed by atoms with van der Waals surface area (Å²) in [6, 6.07) is 2.77. The molecule has 20 heavy (non-hydrogen) atoms. The summed E-state index contributed by atoms with van der Waals surface area (Å²) in [7, 11) is 1.60. The average molecular weight is 304 g/mol. The third-order valence-electron chi connectivity index (χ3n) is 2.41. The number of hydrogen-bond donors (Lipinski definition) is 2. The molecular weight excluding hydrogens is 286 g/mol. The first-order valence-corrected chi connectivity index (χ1v) is 6.46. The number of carbonyl (C=O) groups is 1. The third-order valence-corrected chi connectivity index (χ3v) is 2.69. The Kier molecular flexibility index (Phi) is 7.14. The Morgan fingerprint density at radius 2 is 2.05 bits per heavy atom. The number of nitrogens with two attached hydrogens (primary N) is 1. The first-order valence-electron chi connectivity index (χ1n) is 6.08. The van der Waals surface area contributed by atoms with Gasteiger partial charge in [0, 0.05) is 25.8 Å².